The molecule has 0 aromatic carbocycles. The van der Waals surface area contributed by atoms with E-state index >= 15 is 0 Å². The first-order valence-electron chi connectivity index (χ1n) is 6.33. The maximum Gasteiger partial charge on any atom is 0.303 e. The molecule has 0 unspecified atom stereocenters. The summed E-state index contributed by atoms with van der Waals surface area (Å²) in [6, 6.07) is 0. The fraction of sp³-hybridized carbons (Fsp3) is 0.846. The zero-order chi connectivity index (χ0) is 14.2. The third kappa shape index (κ3) is 10.4. The Morgan fingerprint density at radius 3 is 2.39 bits per heavy atom. The molecule has 0 aliphatic rings. The first kappa shape index (κ1) is 17.3. The summed E-state index contributed by atoms with van der Waals surface area (Å²) in [5, 5.41) is 12.0. The van der Waals surface area contributed by atoms with Crippen molar-refractivity contribution in [3.8, 4) is 0 Å². The van der Waals surface area contributed by atoms with Gasteiger partial charge in [0.25, 0.3) is 0 Å². The smallest absolute Gasteiger partial charge is 0.303 e. The Kier molecular flexibility index (Phi) is 8.07. The molecule has 0 atom stereocenters. The largest absolute Gasteiger partial charge is 0.481 e. The molecule has 0 aliphatic heterocycles. The van der Waals surface area contributed by atoms with E-state index in [1.165, 1.54) is 0 Å². The summed E-state index contributed by atoms with van der Waals surface area (Å²) < 4.78 is 0. The lowest BCUT2D eigenvalue weighted by Crippen LogP contribution is -2.30. The van der Waals surface area contributed by atoms with Crippen LogP contribution in [0.5, 0.6) is 0 Å². The van der Waals surface area contributed by atoms with Crippen molar-refractivity contribution in [3.05, 3.63) is 0 Å². The van der Waals surface area contributed by atoms with Gasteiger partial charge in [-0.15, -0.1) is 11.8 Å². The van der Waals surface area contributed by atoms with Crippen molar-refractivity contribution >= 4 is 23.6 Å². The molecule has 4 nitrogen and oxygen atoms in total. The van der Waals surface area contributed by atoms with Crippen LogP contribution in [-0.2, 0) is 9.59 Å². The predicted octanol–water partition coefficient (Wildman–Crippen LogP) is 2.53. The average molecular weight is 275 g/mol. The molecule has 1 amide bonds. The number of carbonyl (C=O) groups excluding carboxylic acids is 1. The van der Waals surface area contributed by atoms with E-state index in [1.807, 2.05) is 13.8 Å². The summed E-state index contributed by atoms with van der Waals surface area (Å²) in [6.45, 7) is 8.81. The lowest BCUT2D eigenvalue weighted by Gasteiger charge is -2.23. The molecule has 0 aromatic heterocycles. The van der Waals surface area contributed by atoms with Crippen molar-refractivity contribution in [2.45, 2.75) is 52.2 Å². The molecule has 0 bridgehead atoms. The highest BCUT2D eigenvalue weighted by Gasteiger charge is 2.19. The standard InChI is InChI=1S/C13H25NO3S/c1-10(2)18-9-11(15)14-8-7-13(3,4)6-5-12(16)17/h10H,5-9H2,1-4H3,(H,14,15)(H,16,17). The molecular formula is C13H25NO3S. The first-order valence-corrected chi connectivity index (χ1v) is 7.38. The van der Waals surface area contributed by atoms with Gasteiger partial charge in [-0.1, -0.05) is 27.7 Å². The minimum atomic E-state index is -0.763. The number of carboxylic acids is 1. The molecule has 0 rings (SSSR count). The van der Waals surface area contributed by atoms with Crippen molar-refractivity contribution in [1.82, 2.24) is 5.32 Å². The van der Waals surface area contributed by atoms with Gasteiger partial charge in [0.2, 0.25) is 5.91 Å². The molecule has 0 aliphatic carbocycles. The Morgan fingerprint density at radius 2 is 1.89 bits per heavy atom. The number of aliphatic carboxylic acids is 1. The van der Waals surface area contributed by atoms with E-state index in [0.717, 1.165) is 6.42 Å². The molecule has 0 fully saturated rings. The zero-order valence-electron chi connectivity index (χ0n) is 11.8. The maximum absolute atomic E-state index is 11.5. The molecular weight excluding hydrogens is 250 g/mol. The van der Waals surface area contributed by atoms with Gasteiger partial charge in [0, 0.05) is 13.0 Å². The van der Waals surface area contributed by atoms with E-state index in [9.17, 15) is 9.59 Å². The van der Waals surface area contributed by atoms with Gasteiger partial charge < -0.3 is 10.4 Å². The summed E-state index contributed by atoms with van der Waals surface area (Å²) in [7, 11) is 0. The van der Waals surface area contributed by atoms with Crippen LogP contribution in [0, 0.1) is 5.41 Å². The Balaban J connectivity index is 3.74. The number of hydrogen-bond acceptors (Lipinski definition) is 3. The molecule has 0 heterocycles. The molecule has 18 heavy (non-hydrogen) atoms. The lowest BCUT2D eigenvalue weighted by molar-refractivity contribution is -0.137. The molecule has 0 spiro atoms. The van der Waals surface area contributed by atoms with E-state index < -0.39 is 5.97 Å². The second-order valence-electron chi connectivity index (χ2n) is 5.52. The summed E-state index contributed by atoms with van der Waals surface area (Å²) >= 11 is 1.62. The first-order chi connectivity index (χ1) is 8.23. The highest BCUT2D eigenvalue weighted by Crippen LogP contribution is 2.25. The van der Waals surface area contributed by atoms with Gasteiger partial charge in [-0.2, -0.15) is 0 Å². The van der Waals surface area contributed by atoms with E-state index in [1.54, 1.807) is 11.8 Å². The molecule has 2 N–H and O–H groups in total. The number of thioether (sulfide) groups is 1. The van der Waals surface area contributed by atoms with E-state index in [4.69, 9.17) is 5.11 Å². The molecule has 106 valence electrons. The predicted molar refractivity (Wildman–Crippen MR) is 75.9 cm³/mol. The van der Waals surface area contributed by atoms with Crippen LogP contribution < -0.4 is 5.32 Å². The van der Waals surface area contributed by atoms with Gasteiger partial charge in [0.15, 0.2) is 0 Å². The van der Waals surface area contributed by atoms with Crippen molar-refractivity contribution in [1.29, 1.82) is 0 Å². The van der Waals surface area contributed by atoms with Crippen LogP contribution in [0.15, 0.2) is 0 Å². The number of amides is 1. The lowest BCUT2D eigenvalue weighted by atomic mass is 9.84. The Labute approximate surface area is 114 Å². The van der Waals surface area contributed by atoms with Gasteiger partial charge in [-0.3, -0.25) is 9.59 Å². The van der Waals surface area contributed by atoms with Gasteiger partial charge in [-0.05, 0) is 23.5 Å². The van der Waals surface area contributed by atoms with Crippen molar-refractivity contribution in [3.63, 3.8) is 0 Å². The summed E-state index contributed by atoms with van der Waals surface area (Å²) in [5.74, 6) is -0.212. The third-order valence-corrected chi connectivity index (χ3v) is 3.78. The van der Waals surface area contributed by atoms with Crippen LogP contribution in [0.2, 0.25) is 0 Å². The van der Waals surface area contributed by atoms with Crippen LogP contribution in [0.3, 0.4) is 0 Å². The van der Waals surface area contributed by atoms with E-state index in [0.29, 0.717) is 24.0 Å². The molecule has 5 heteroatoms. The zero-order valence-corrected chi connectivity index (χ0v) is 12.6. The second-order valence-corrected chi connectivity index (χ2v) is 7.08. The van der Waals surface area contributed by atoms with Crippen LogP contribution in [-0.4, -0.2) is 34.5 Å². The van der Waals surface area contributed by atoms with Crippen LogP contribution >= 0.6 is 11.8 Å². The highest BCUT2D eigenvalue weighted by molar-refractivity contribution is 8.00. The van der Waals surface area contributed by atoms with Crippen molar-refractivity contribution in [2.24, 2.45) is 5.41 Å². The Hall–Kier alpha value is -0.710. The van der Waals surface area contributed by atoms with Gasteiger partial charge >= 0.3 is 5.97 Å². The number of carboxylic acid groups (broad SMARTS) is 1. The van der Waals surface area contributed by atoms with Crippen molar-refractivity contribution < 1.29 is 14.7 Å². The fourth-order valence-corrected chi connectivity index (χ4v) is 1.99. The summed E-state index contributed by atoms with van der Waals surface area (Å²) in [6.07, 6.45) is 1.63. The molecule has 0 saturated carbocycles. The topological polar surface area (TPSA) is 66.4 Å². The Morgan fingerprint density at radius 1 is 1.28 bits per heavy atom. The minimum Gasteiger partial charge on any atom is -0.481 e. The molecule has 0 saturated heterocycles. The van der Waals surface area contributed by atoms with Crippen LogP contribution in [0.25, 0.3) is 0 Å². The van der Waals surface area contributed by atoms with Crippen LogP contribution in [0.1, 0.15) is 47.0 Å². The summed E-state index contributed by atoms with van der Waals surface area (Å²) in [5.41, 5.74) is -0.0448. The SMILES string of the molecule is CC(C)SCC(=O)NCCC(C)(C)CCC(=O)O. The fourth-order valence-electron chi connectivity index (χ4n) is 1.40. The summed E-state index contributed by atoms with van der Waals surface area (Å²) in [4.78, 5) is 22.0. The van der Waals surface area contributed by atoms with Crippen LogP contribution in [0.4, 0.5) is 0 Å². The van der Waals surface area contributed by atoms with Gasteiger partial charge in [-0.25, -0.2) is 0 Å². The van der Waals surface area contributed by atoms with Gasteiger partial charge in [0.05, 0.1) is 5.75 Å². The molecule has 0 radical (unpaired) electrons. The minimum absolute atomic E-state index is 0.0448. The average Bonchev–Trinajstić information content (AvgIpc) is 2.23. The number of hydrogen-bond donors (Lipinski definition) is 2. The van der Waals surface area contributed by atoms with E-state index in [2.05, 4.69) is 19.2 Å². The number of nitrogens with one attached hydrogen (secondary N) is 1. The van der Waals surface area contributed by atoms with E-state index in [-0.39, 0.29) is 17.7 Å². The number of carbonyl (C=O) groups is 2. The third-order valence-electron chi connectivity index (χ3n) is 2.69. The highest BCUT2D eigenvalue weighted by atomic mass is 32.2. The van der Waals surface area contributed by atoms with Gasteiger partial charge in [0.1, 0.15) is 0 Å². The van der Waals surface area contributed by atoms with Crippen molar-refractivity contribution in [2.75, 3.05) is 12.3 Å². The Bertz CT molecular complexity index is 277. The maximum atomic E-state index is 11.5. The molecule has 0 aromatic rings. The monoisotopic (exact) mass is 275 g/mol. The quantitative estimate of drug-likeness (QED) is 0.678. The number of rotatable bonds is 9. The normalized spacial score (nSPS) is 11.6. The second kappa shape index (κ2) is 8.40.